The number of rotatable bonds is 14. The fraction of sp³-hybridized carbons (Fsp3) is 0.500. The molecular formula is C32H42F3N5O5S. The van der Waals surface area contributed by atoms with Crippen molar-refractivity contribution < 1.29 is 35.8 Å². The van der Waals surface area contributed by atoms with Gasteiger partial charge in [0.1, 0.15) is 12.3 Å². The van der Waals surface area contributed by atoms with Crippen LogP contribution in [0.25, 0.3) is 10.9 Å². The Kier molecular flexibility index (Phi) is 12.2. The molecule has 0 radical (unpaired) electrons. The Morgan fingerprint density at radius 2 is 1.70 bits per heavy atom. The first-order valence-corrected chi connectivity index (χ1v) is 16.6. The lowest BCUT2D eigenvalue weighted by Gasteiger charge is -2.37. The summed E-state index contributed by atoms with van der Waals surface area (Å²) in [5.41, 5.74) is 1.91. The Morgan fingerprint density at radius 1 is 1.00 bits per heavy atom. The molecule has 2 aromatic carbocycles. The zero-order valence-electron chi connectivity index (χ0n) is 26.3. The number of aromatic nitrogens is 1. The minimum atomic E-state index is -4.45. The van der Waals surface area contributed by atoms with Crippen molar-refractivity contribution in [2.45, 2.75) is 55.4 Å². The molecule has 1 aliphatic rings. The topological polar surface area (TPSA) is 120 Å². The lowest BCUT2D eigenvalue weighted by molar-refractivity contribution is -0.140. The van der Waals surface area contributed by atoms with E-state index in [1.807, 2.05) is 6.07 Å². The van der Waals surface area contributed by atoms with Crippen molar-refractivity contribution in [2.75, 3.05) is 64.8 Å². The molecule has 46 heavy (non-hydrogen) atoms. The molecular weight excluding hydrogens is 623 g/mol. The van der Waals surface area contributed by atoms with Gasteiger partial charge in [0, 0.05) is 56.5 Å². The largest absolute Gasteiger partial charge is 0.495 e. The van der Waals surface area contributed by atoms with Gasteiger partial charge in [0.2, 0.25) is 10.0 Å². The van der Waals surface area contributed by atoms with E-state index in [-0.39, 0.29) is 28.9 Å². The van der Waals surface area contributed by atoms with Crippen LogP contribution in [0.5, 0.6) is 5.75 Å². The van der Waals surface area contributed by atoms with Crippen molar-refractivity contribution in [3.8, 4) is 17.6 Å². The smallest absolute Gasteiger partial charge is 0.406 e. The van der Waals surface area contributed by atoms with Crippen LogP contribution in [-0.2, 0) is 26.0 Å². The Morgan fingerprint density at radius 3 is 2.30 bits per heavy atom. The van der Waals surface area contributed by atoms with Crippen molar-refractivity contribution in [2.24, 2.45) is 5.14 Å². The number of ether oxygens (including phenoxy) is 3. The fourth-order valence-electron chi connectivity index (χ4n) is 5.83. The molecule has 0 aliphatic heterocycles. The number of halogens is 3. The third-order valence-corrected chi connectivity index (χ3v) is 9.02. The molecule has 3 aromatic rings. The molecule has 14 heteroatoms. The van der Waals surface area contributed by atoms with Crippen molar-refractivity contribution in [3.63, 3.8) is 0 Å². The van der Waals surface area contributed by atoms with Gasteiger partial charge in [0.05, 0.1) is 48.7 Å². The van der Waals surface area contributed by atoms with E-state index < -0.39 is 22.7 Å². The molecule has 0 spiro atoms. The van der Waals surface area contributed by atoms with E-state index in [0.29, 0.717) is 35.8 Å². The zero-order chi connectivity index (χ0) is 33.3. The second-order valence-electron chi connectivity index (χ2n) is 11.2. The molecule has 4 rings (SSSR count). The summed E-state index contributed by atoms with van der Waals surface area (Å²) >= 11 is 0. The van der Waals surface area contributed by atoms with Gasteiger partial charge in [-0.15, -0.1) is 0 Å². The molecule has 0 amide bonds. The van der Waals surface area contributed by atoms with Crippen LogP contribution in [0.2, 0.25) is 0 Å². The van der Waals surface area contributed by atoms with E-state index in [9.17, 15) is 21.6 Å². The summed E-state index contributed by atoms with van der Waals surface area (Å²) < 4.78 is 81.4. The highest BCUT2D eigenvalue weighted by atomic mass is 32.2. The van der Waals surface area contributed by atoms with Crippen LogP contribution in [0.3, 0.4) is 0 Å². The predicted molar refractivity (Wildman–Crippen MR) is 173 cm³/mol. The van der Waals surface area contributed by atoms with Crippen LogP contribution in [0, 0.1) is 11.8 Å². The van der Waals surface area contributed by atoms with Gasteiger partial charge in [0.15, 0.2) is 0 Å². The monoisotopic (exact) mass is 665 g/mol. The lowest BCUT2D eigenvalue weighted by Crippen LogP contribution is -2.43. The molecule has 1 fully saturated rings. The van der Waals surface area contributed by atoms with Gasteiger partial charge in [-0.2, -0.15) is 13.2 Å². The fourth-order valence-corrected chi connectivity index (χ4v) is 6.36. The number of benzene rings is 2. The van der Waals surface area contributed by atoms with Crippen LogP contribution in [-0.4, -0.2) is 90.3 Å². The highest BCUT2D eigenvalue weighted by molar-refractivity contribution is 7.89. The van der Waals surface area contributed by atoms with Crippen LogP contribution in [0.1, 0.15) is 31.4 Å². The quantitative estimate of drug-likeness (QED) is 0.213. The molecule has 1 aromatic heterocycles. The highest BCUT2D eigenvalue weighted by Gasteiger charge is 2.30. The number of hydrogen-bond acceptors (Lipinski definition) is 8. The molecule has 1 heterocycles. The van der Waals surface area contributed by atoms with Crippen molar-refractivity contribution in [1.82, 2.24) is 9.47 Å². The Bertz CT molecular complexity index is 1620. The van der Waals surface area contributed by atoms with Crippen LogP contribution in [0.15, 0.2) is 47.4 Å². The summed E-state index contributed by atoms with van der Waals surface area (Å²) in [6.45, 7) is 1.88. The SMILES string of the molecule is COCCN(CCOC)[C@H]1CC[C@@H](Nc2cccc3c2cc(C#CCNc2ccc(S(N)(=O)=O)cc2OC)n3CC(F)(F)F)CC1. The van der Waals surface area contributed by atoms with E-state index in [0.717, 1.165) is 44.5 Å². The van der Waals surface area contributed by atoms with Gasteiger partial charge in [-0.25, -0.2) is 13.6 Å². The van der Waals surface area contributed by atoms with Crippen LogP contribution in [0.4, 0.5) is 24.5 Å². The average molecular weight is 666 g/mol. The zero-order valence-corrected chi connectivity index (χ0v) is 27.1. The minimum Gasteiger partial charge on any atom is -0.495 e. The van der Waals surface area contributed by atoms with Gasteiger partial charge in [-0.3, -0.25) is 4.90 Å². The summed E-state index contributed by atoms with van der Waals surface area (Å²) in [6.07, 6.45) is -0.592. The molecule has 0 unspecified atom stereocenters. The van der Waals surface area contributed by atoms with Crippen LogP contribution < -0.4 is 20.5 Å². The molecule has 4 N–H and O–H groups in total. The summed E-state index contributed by atoms with van der Waals surface area (Å²) in [5, 5.41) is 12.5. The molecule has 0 atom stereocenters. The maximum absolute atomic E-state index is 13.7. The van der Waals surface area contributed by atoms with Gasteiger partial charge in [0.25, 0.3) is 0 Å². The number of nitrogens with two attached hydrogens (primary N) is 1. The summed E-state index contributed by atoms with van der Waals surface area (Å²) in [5.74, 6) is 6.02. The van der Waals surface area contributed by atoms with E-state index in [2.05, 4.69) is 27.4 Å². The van der Waals surface area contributed by atoms with Gasteiger partial charge in [-0.05, 0) is 61.9 Å². The summed E-state index contributed by atoms with van der Waals surface area (Å²) in [7, 11) is 0.860. The molecule has 0 saturated heterocycles. The van der Waals surface area contributed by atoms with Gasteiger partial charge in [-0.1, -0.05) is 12.0 Å². The molecule has 0 bridgehead atoms. The Hall–Kier alpha value is -3.48. The third-order valence-electron chi connectivity index (χ3n) is 8.11. The van der Waals surface area contributed by atoms with Crippen molar-refractivity contribution >= 4 is 32.3 Å². The second kappa shape index (κ2) is 15.9. The first kappa shape index (κ1) is 35.4. The number of sulfonamides is 1. The lowest BCUT2D eigenvalue weighted by atomic mass is 9.89. The van der Waals surface area contributed by atoms with Crippen molar-refractivity contribution in [1.29, 1.82) is 0 Å². The van der Waals surface area contributed by atoms with Crippen molar-refractivity contribution in [3.05, 3.63) is 48.2 Å². The standard InChI is InChI=1S/C32H42F3N5O5S/c1-43-18-16-39(17-19-44-2)24-11-9-23(10-12-24)38-28-7-4-8-30-27(28)20-25(40(30)22-32(33,34)35)6-5-15-37-29-14-13-26(46(36,41)42)21-31(29)45-3/h4,7-8,13-14,20-21,23-24,37-38H,9-12,15-19,22H2,1-3H3,(H2,36,41,42)/t23-,24+. The molecule has 252 valence electrons. The number of nitrogens with one attached hydrogen (secondary N) is 2. The average Bonchev–Trinajstić information content (AvgIpc) is 3.36. The molecule has 1 aliphatic carbocycles. The first-order chi connectivity index (χ1) is 21.9. The van der Waals surface area contributed by atoms with E-state index in [4.69, 9.17) is 19.3 Å². The number of alkyl halides is 3. The highest BCUT2D eigenvalue weighted by Crippen LogP contribution is 2.33. The summed E-state index contributed by atoms with van der Waals surface area (Å²) in [6, 6.07) is 11.7. The van der Waals surface area contributed by atoms with E-state index >= 15 is 0 Å². The van der Waals surface area contributed by atoms with E-state index in [1.54, 1.807) is 32.4 Å². The third kappa shape index (κ3) is 9.52. The molecule has 10 nitrogen and oxygen atoms in total. The summed E-state index contributed by atoms with van der Waals surface area (Å²) in [4.78, 5) is 2.30. The number of nitrogens with zero attached hydrogens (tertiary/aromatic N) is 2. The maximum atomic E-state index is 13.7. The number of methoxy groups -OCH3 is 3. The van der Waals surface area contributed by atoms with Crippen LogP contribution >= 0.6 is 0 Å². The molecule has 1 saturated carbocycles. The first-order valence-electron chi connectivity index (χ1n) is 15.0. The second-order valence-corrected chi connectivity index (χ2v) is 12.8. The van der Waals surface area contributed by atoms with Gasteiger partial charge < -0.3 is 29.4 Å². The Balaban J connectivity index is 1.51. The van der Waals surface area contributed by atoms with Gasteiger partial charge >= 0.3 is 6.18 Å². The number of anilines is 2. The predicted octanol–water partition coefficient (Wildman–Crippen LogP) is 4.64. The minimum absolute atomic E-state index is 0.0682. The number of hydrogen-bond donors (Lipinski definition) is 3. The maximum Gasteiger partial charge on any atom is 0.406 e. The van der Waals surface area contributed by atoms with E-state index in [1.165, 1.54) is 29.9 Å². The Labute approximate surface area is 268 Å². The number of primary sulfonamides is 1. The number of fused-ring (bicyclic) bond motifs is 1. The normalized spacial score (nSPS) is 17.1.